The topological polar surface area (TPSA) is 71.1 Å². The Morgan fingerprint density at radius 3 is 2.45 bits per heavy atom. The van der Waals surface area contributed by atoms with Crippen LogP contribution in [-0.2, 0) is 11.2 Å². The SMILES string of the molecule is Cc1nc(C(C)C)sc1C(=O)NNC(=O)Cc1ccccc1. The molecule has 0 radical (unpaired) electrons. The highest BCUT2D eigenvalue weighted by molar-refractivity contribution is 7.13. The van der Waals surface area contributed by atoms with Gasteiger partial charge in [-0.25, -0.2) is 4.98 Å². The smallest absolute Gasteiger partial charge is 0.273 e. The molecule has 0 atom stereocenters. The maximum absolute atomic E-state index is 12.1. The van der Waals surface area contributed by atoms with E-state index in [1.165, 1.54) is 11.3 Å². The molecule has 0 saturated carbocycles. The van der Waals surface area contributed by atoms with Gasteiger partial charge in [-0.1, -0.05) is 44.2 Å². The summed E-state index contributed by atoms with van der Waals surface area (Å²) in [5.41, 5.74) is 6.46. The number of nitrogens with zero attached hydrogens (tertiary/aromatic N) is 1. The molecule has 0 fully saturated rings. The van der Waals surface area contributed by atoms with Crippen LogP contribution in [0.4, 0.5) is 0 Å². The number of aryl methyl sites for hydroxylation is 1. The Bertz CT molecular complexity index is 665. The molecule has 0 unspecified atom stereocenters. The van der Waals surface area contributed by atoms with Gasteiger partial charge in [0.15, 0.2) is 0 Å². The van der Waals surface area contributed by atoms with E-state index in [0.717, 1.165) is 10.6 Å². The van der Waals surface area contributed by atoms with E-state index in [-0.39, 0.29) is 24.2 Å². The molecule has 1 aromatic heterocycles. The normalized spacial score (nSPS) is 10.5. The summed E-state index contributed by atoms with van der Waals surface area (Å²) in [5.74, 6) is -0.313. The zero-order valence-corrected chi connectivity index (χ0v) is 13.7. The molecule has 0 aliphatic rings. The highest BCUT2D eigenvalue weighted by Crippen LogP contribution is 2.24. The fraction of sp³-hybridized carbons (Fsp3) is 0.312. The van der Waals surface area contributed by atoms with Crippen LogP contribution in [0.2, 0.25) is 0 Å². The number of rotatable bonds is 4. The van der Waals surface area contributed by atoms with Crippen molar-refractivity contribution in [2.24, 2.45) is 0 Å². The number of carbonyl (C=O) groups excluding carboxylic acids is 2. The summed E-state index contributed by atoms with van der Waals surface area (Å²) in [4.78, 5) is 28.8. The second-order valence-electron chi connectivity index (χ2n) is 5.29. The van der Waals surface area contributed by atoms with Gasteiger partial charge in [0.05, 0.1) is 17.1 Å². The largest absolute Gasteiger partial charge is 0.281 e. The van der Waals surface area contributed by atoms with E-state index in [4.69, 9.17) is 0 Å². The van der Waals surface area contributed by atoms with Crippen molar-refractivity contribution in [3.63, 3.8) is 0 Å². The monoisotopic (exact) mass is 317 g/mol. The predicted molar refractivity (Wildman–Crippen MR) is 86.7 cm³/mol. The second kappa shape index (κ2) is 7.17. The first kappa shape index (κ1) is 16.2. The van der Waals surface area contributed by atoms with Crippen LogP contribution in [0, 0.1) is 6.92 Å². The Kier molecular flexibility index (Phi) is 5.27. The Morgan fingerprint density at radius 2 is 1.86 bits per heavy atom. The van der Waals surface area contributed by atoms with Crippen LogP contribution in [0.25, 0.3) is 0 Å². The quantitative estimate of drug-likeness (QED) is 0.851. The van der Waals surface area contributed by atoms with E-state index in [1.807, 2.05) is 44.2 Å². The van der Waals surface area contributed by atoms with E-state index in [9.17, 15) is 9.59 Å². The lowest BCUT2D eigenvalue weighted by atomic mass is 10.1. The summed E-state index contributed by atoms with van der Waals surface area (Å²) < 4.78 is 0. The van der Waals surface area contributed by atoms with Crippen molar-refractivity contribution in [1.29, 1.82) is 0 Å². The number of hydrogen-bond donors (Lipinski definition) is 2. The lowest BCUT2D eigenvalue weighted by Crippen LogP contribution is -2.42. The van der Waals surface area contributed by atoms with Crippen LogP contribution in [0.1, 0.15) is 45.7 Å². The lowest BCUT2D eigenvalue weighted by Gasteiger charge is -2.06. The van der Waals surface area contributed by atoms with Gasteiger partial charge in [-0.15, -0.1) is 11.3 Å². The first-order valence-corrected chi connectivity index (χ1v) is 7.89. The van der Waals surface area contributed by atoms with Gasteiger partial charge in [0, 0.05) is 5.92 Å². The number of thiazole rings is 1. The molecule has 0 spiro atoms. The number of hydrazine groups is 1. The minimum Gasteiger partial charge on any atom is -0.273 e. The molecule has 2 rings (SSSR count). The first-order valence-electron chi connectivity index (χ1n) is 7.07. The van der Waals surface area contributed by atoms with Gasteiger partial charge in [0.25, 0.3) is 5.91 Å². The van der Waals surface area contributed by atoms with Crippen molar-refractivity contribution in [1.82, 2.24) is 15.8 Å². The van der Waals surface area contributed by atoms with Crippen LogP contribution >= 0.6 is 11.3 Å². The molecule has 1 heterocycles. The van der Waals surface area contributed by atoms with Gasteiger partial charge < -0.3 is 0 Å². The average molecular weight is 317 g/mol. The summed E-state index contributed by atoms with van der Waals surface area (Å²) in [6, 6.07) is 9.36. The Hall–Kier alpha value is -2.21. The lowest BCUT2D eigenvalue weighted by molar-refractivity contribution is -0.121. The number of benzene rings is 1. The van der Waals surface area contributed by atoms with Crippen LogP contribution in [0.15, 0.2) is 30.3 Å². The Balaban J connectivity index is 1.91. The van der Waals surface area contributed by atoms with Gasteiger partial charge in [-0.2, -0.15) is 0 Å². The van der Waals surface area contributed by atoms with Crippen LogP contribution in [0.5, 0.6) is 0 Å². The molecule has 6 heteroatoms. The molecule has 0 bridgehead atoms. The molecule has 0 saturated heterocycles. The molecule has 5 nitrogen and oxygen atoms in total. The number of hydrogen-bond acceptors (Lipinski definition) is 4. The van der Waals surface area contributed by atoms with Gasteiger partial charge in [-0.05, 0) is 12.5 Å². The van der Waals surface area contributed by atoms with Crippen molar-refractivity contribution in [2.75, 3.05) is 0 Å². The van der Waals surface area contributed by atoms with Crippen molar-refractivity contribution in [3.8, 4) is 0 Å². The summed E-state index contributed by atoms with van der Waals surface area (Å²) in [5, 5.41) is 0.915. The number of nitrogens with one attached hydrogen (secondary N) is 2. The molecule has 1 aromatic carbocycles. The van der Waals surface area contributed by atoms with Crippen molar-refractivity contribution in [3.05, 3.63) is 51.5 Å². The van der Waals surface area contributed by atoms with E-state index in [0.29, 0.717) is 10.6 Å². The van der Waals surface area contributed by atoms with E-state index >= 15 is 0 Å². The number of aromatic nitrogens is 1. The van der Waals surface area contributed by atoms with E-state index in [2.05, 4.69) is 15.8 Å². The summed E-state index contributed by atoms with van der Waals surface area (Å²) >= 11 is 1.36. The van der Waals surface area contributed by atoms with Crippen molar-refractivity contribution >= 4 is 23.2 Å². The van der Waals surface area contributed by atoms with Gasteiger partial charge in [-0.3, -0.25) is 20.4 Å². The summed E-state index contributed by atoms with van der Waals surface area (Å²) in [7, 11) is 0. The Labute approximate surface area is 133 Å². The molecule has 116 valence electrons. The minimum absolute atomic E-state index is 0.222. The van der Waals surface area contributed by atoms with Crippen molar-refractivity contribution < 1.29 is 9.59 Å². The predicted octanol–water partition coefficient (Wildman–Crippen LogP) is 2.58. The number of amides is 2. The fourth-order valence-corrected chi connectivity index (χ4v) is 2.85. The average Bonchev–Trinajstić information content (AvgIpc) is 2.88. The van der Waals surface area contributed by atoms with Crippen LogP contribution < -0.4 is 10.9 Å². The van der Waals surface area contributed by atoms with Crippen LogP contribution in [-0.4, -0.2) is 16.8 Å². The first-order chi connectivity index (χ1) is 10.5. The fourth-order valence-electron chi connectivity index (χ4n) is 1.88. The maximum atomic E-state index is 12.1. The zero-order valence-electron chi connectivity index (χ0n) is 12.8. The number of carbonyl (C=O) groups is 2. The third-order valence-corrected chi connectivity index (χ3v) is 4.49. The maximum Gasteiger partial charge on any atom is 0.281 e. The zero-order chi connectivity index (χ0) is 16.1. The molecule has 2 aromatic rings. The molecular weight excluding hydrogens is 298 g/mol. The van der Waals surface area contributed by atoms with Gasteiger partial charge in [0.1, 0.15) is 4.88 Å². The Morgan fingerprint density at radius 1 is 1.18 bits per heavy atom. The standard InChI is InChI=1S/C16H19N3O2S/c1-10(2)16-17-11(3)14(22-16)15(21)19-18-13(20)9-12-7-5-4-6-8-12/h4-8,10H,9H2,1-3H3,(H,18,20)(H,19,21). The minimum atomic E-state index is -0.330. The molecule has 0 aliphatic heterocycles. The molecule has 2 amide bonds. The van der Waals surface area contributed by atoms with E-state index in [1.54, 1.807) is 6.92 Å². The second-order valence-corrected chi connectivity index (χ2v) is 6.32. The molecule has 2 N–H and O–H groups in total. The van der Waals surface area contributed by atoms with E-state index < -0.39 is 0 Å². The van der Waals surface area contributed by atoms with Gasteiger partial charge in [0.2, 0.25) is 5.91 Å². The van der Waals surface area contributed by atoms with Crippen molar-refractivity contribution in [2.45, 2.75) is 33.1 Å². The molecular formula is C16H19N3O2S. The highest BCUT2D eigenvalue weighted by atomic mass is 32.1. The molecule has 22 heavy (non-hydrogen) atoms. The molecule has 0 aliphatic carbocycles. The summed E-state index contributed by atoms with van der Waals surface area (Å²) in [6.07, 6.45) is 0.222. The third kappa shape index (κ3) is 4.14. The highest BCUT2D eigenvalue weighted by Gasteiger charge is 2.17. The van der Waals surface area contributed by atoms with Crippen LogP contribution in [0.3, 0.4) is 0 Å². The third-order valence-electron chi connectivity index (χ3n) is 3.04. The van der Waals surface area contributed by atoms with Gasteiger partial charge >= 0.3 is 0 Å². The summed E-state index contributed by atoms with van der Waals surface area (Å²) in [6.45, 7) is 5.85.